The van der Waals surface area contributed by atoms with E-state index in [1.165, 1.54) is 5.56 Å². The van der Waals surface area contributed by atoms with Crippen molar-refractivity contribution in [2.75, 3.05) is 13.2 Å². The zero-order valence-electron chi connectivity index (χ0n) is 13.5. The fraction of sp³-hybridized carbons (Fsp3) is 0.421. The van der Waals surface area contributed by atoms with Crippen molar-refractivity contribution < 1.29 is 5.11 Å². The molecule has 1 aromatic carbocycles. The van der Waals surface area contributed by atoms with Crippen molar-refractivity contribution in [3.8, 4) is 0 Å². The molecule has 1 N–H and O–H groups in total. The first-order chi connectivity index (χ1) is 10.7. The molecule has 1 atom stereocenters. The van der Waals surface area contributed by atoms with Crippen LogP contribution in [0.25, 0.3) is 0 Å². The first-order valence-corrected chi connectivity index (χ1v) is 7.99. The van der Waals surface area contributed by atoms with E-state index in [0.717, 1.165) is 25.2 Å². The van der Waals surface area contributed by atoms with Crippen LogP contribution in [-0.4, -0.2) is 34.2 Å². The molecule has 0 saturated carbocycles. The SMILES string of the molecule is CC(C)C(CO)N(CCc1ccccn1)Cc1ccccc1. The molecular formula is C19H26N2O. The van der Waals surface area contributed by atoms with Crippen molar-refractivity contribution in [3.05, 3.63) is 66.0 Å². The van der Waals surface area contributed by atoms with Gasteiger partial charge in [-0.3, -0.25) is 9.88 Å². The van der Waals surface area contributed by atoms with Gasteiger partial charge < -0.3 is 5.11 Å². The van der Waals surface area contributed by atoms with Gasteiger partial charge in [0.1, 0.15) is 0 Å². The maximum absolute atomic E-state index is 9.78. The molecule has 22 heavy (non-hydrogen) atoms. The number of aromatic nitrogens is 1. The minimum Gasteiger partial charge on any atom is -0.395 e. The van der Waals surface area contributed by atoms with Gasteiger partial charge in [0.25, 0.3) is 0 Å². The first-order valence-electron chi connectivity index (χ1n) is 7.99. The van der Waals surface area contributed by atoms with Crippen molar-refractivity contribution in [2.45, 2.75) is 32.9 Å². The van der Waals surface area contributed by atoms with Crippen LogP contribution in [-0.2, 0) is 13.0 Å². The molecule has 3 nitrogen and oxygen atoms in total. The minimum absolute atomic E-state index is 0.170. The Labute approximate surface area is 133 Å². The van der Waals surface area contributed by atoms with Crippen molar-refractivity contribution in [1.82, 2.24) is 9.88 Å². The maximum atomic E-state index is 9.78. The summed E-state index contributed by atoms with van der Waals surface area (Å²) in [5, 5.41) is 9.78. The molecule has 0 spiro atoms. The van der Waals surface area contributed by atoms with Crippen molar-refractivity contribution in [1.29, 1.82) is 0 Å². The normalized spacial score (nSPS) is 12.8. The van der Waals surface area contributed by atoms with Gasteiger partial charge in [-0.05, 0) is 23.6 Å². The van der Waals surface area contributed by atoms with Crippen LogP contribution >= 0.6 is 0 Å². The van der Waals surface area contributed by atoms with Gasteiger partial charge in [-0.1, -0.05) is 50.2 Å². The lowest BCUT2D eigenvalue weighted by atomic mass is 10.0. The Morgan fingerprint density at radius 3 is 2.36 bits per heavy atom. The molecule has 1 unspecified atom stereocenters. The number of hydrogen-bond acceptors (Lipinski definition) is 3. The van der Waals surface area contributed by atoms with Gasteiger partial charge >= 0.3 is 0 Å². The number of aliphatic hydroxyl groups excluding tert-OH is 1. The molecule has 0 amide bonds. The molecule has 1 heterocycles. The van der Waals surface area contributed by atoms with Crippen LogP contribution < -0.4 is 0 Å². The third kappa shape index (κ3) is 4.93. The molecule has 1 aromatic heterocycles. The van der Waals surface area contributed by atoms with Gasteiger partial charge in [0, 0.05) is 37.4 Å². The number of nitrogens with zero attached hydrogens (tertiary/aromatic N) is 2. The number of rotatable bonds is 8. The summed E-state index contributed by atoms with van der Waals surface area (Å²) in [6.07, 6.45) is 2.74. The van der Waals surface area contributed by atoms with Crippen LogP contribution in [0.4, 0.5) is 0 Å². The van der Waals surface area contributed by atoms with E-state index in [2.05, 4.69) is 54.1 Å². The van der Waals surface area contributed by atoms with Crippen LogP contribution in [0.2, 0.25) is 0 Å². The van der Waals surface area contributed by atoms with Crippen molar-refractivity contribution >= 4 is 0 Å². The van der Waals surface area contributed by atoms with E-state index in [4.69, 9.17) is 0 Å². The summed E-state index contributed by atoms with van der Waals surface area (Å²) in [6.45, 7) is 6.28. The Morgan fingerprint density at radius 1 is 1.05 bits per heavy atom. The lowest BCUT2D eigenvalue weighted by Gasteiger charge is -2.33. The Hall–Kier alpha value is -1.71. The zero-order valence-corrected chi connectivity index (χ0v) is 13.5. The number of aliphatic hydroxyl groups is 1. The van der Waals surface area contributed by atoms with Crippen LogP contribution in [0.1, 0.15) is 25.1 Å². The monoisotopic (exact) mass is 298 g/mol. The molecule has 0 aliphatic rings. The molecule has 0 saturated heterocycles. The average Bonchev–Trinajstić information content (AvgIpc) is 2.54. The Balaban J connectivity index is 2.07. The standard InChI is InChI=1S/C19H26N2O/c1-16(2)19(15-22)21(14-17-8-4-3-5-9-17)13-11-18-10-6-7-12-20-18/h3-10,12,16,19,22H,11,13-15H2,1-2H3. The lowest BCUT2D eigenvalue weighted by molar-refractivity contribution is 0.0854. The highest BCUT2D eigenvalue weighted by Gasteiger charge is 2.21. The van der Waals surface area contributed by atoms with E-state index in [-0.39, 0.29) is 12.6 Å². The fourth-order valence-electron chi connectivity index (χ4n) is 2.73. The molecule has 3 heteroatoms. The van der Waals surface area contributed by atoms with Gasteiger partial charge in [0.05, 0.1) is 6.61 Å². The van der Waals surface area contributed by atoms with E-state index in [1.54, 1.807) is 0 Å². The van der Waals surface area contributed by atoms with E-state index in [0.29, 0.717) is 5.92 Å². The van der Waals surface area contributed by atoms with Crippen molar-refractivity contribution in [2.24, 2.45) is 5.92 Å². The largest absolute Gasteiger partial charge is 0.395 e. The molecule has 118 valence electrons. The quantitative estimate of drug-likeness (QED) is 0.813. The van der Waals surface area contributed by atoms with E-state index in [9.17, 15) is 5.11 Å². The zero-order chi connectivity index (χ0) is 15.8. The highest BCUT2D eigenvalue weighted by Crippen LogP contribution is 2.15. The summed E-state index contributed by atoms with van der Waals surface area (Å²) in [6, 6.07) is 16.6. The number of hydrogen-bond donors (Lipinski definition) is 1. The first kappa shape index (κ1) is 16.7. The highest BCUT2D eigenvalue weighted by atomic mass is 16.3. The molecular weight excluding hydrogens is 272 g/mol. The summed E-state index contributed by atoms with van der Waals surface area (Å²) in [4.78, 5) is 6.77. The van der Waals surface area contributed by atoms with E-state index >= 15 is 0 Å². The third-order valence-electron chi connectivity index (χ3n) is 4.04. The summed E-state index contributed by atoms with van der Waals surface area (Å²) < 4.78 is 0. The van der Waals surface area contributed by atoms with Gasteiger partial charge in [-0.2, -0.15) is 0 Å². The van der Waals surface area contributed by atoms with Gasteiger partial charge in [-0.15, -0.1) is 0 Å². The molecule has 0 aliphatic heterocycles. The van der Waals surface area contributed by atoms with Crippen LogP contribution in [0.5, 0.6) is 0 Å². The molecule has 2 rings (SSSR count). The van der Waals surface area contributed by atoms with Crippen LogP contribution in [0.3, 0.4) is 0 Å². The smallest absolute Gasteiger partial charge is 0.0589 e. The second-order valence-electron chi connectivity index (χ2n) is 6.02. The molecule has 0 bridgehead atoms. The molecule has 2 aromatic rings. The summed E-state index contributed by atoms with van der Waals surface area (Å²) >= 11 is 0. The number of pyridine rings is 1. The lowest BCUT2D eigenvalue weighted by Crippen LogP contribution is -2.42. The second kappa shape index (κ2) is 8.66. The third-order valence-corrected chi connectivity index (χ3v) is 4.04. The Kier molecular flexibility index (Phi) is 6.56. The topological polar surface area (TPSA) is 36.4 Å². The minimum atomic E-state index is 0.170. The fourth-order valence-corrected chi connectivity index (χ4v) is 2.73. The van der Waals surface area contributed by atoms with Gasteiger partial charge in [-0.25, -0.2) is 0 Å². The summed E-state index contributed by atoms with van der Waals surface area (Å²) in [5.41, 5.74) is 2.38. The van der Waals surface area contributed by atoms with Gasteiger partial charge in [0.15, 0.2) is 0 Å². The molecule has 0 radical (unpaired) electrons. The van der Waals surface area contributed by atoms with E-state index in [1.807, 2.05) is 24.4 Å². The second-order valence-corrected chi connectivity index (χ2v) is 6.02. The average molecular weight is 298 g/mol. The van der Waals surface area contributed by atoms with Crippen LogP contribution in [0, 0.1) is 5.92 Å². The van der Waals surface area contributed by atoms with Crippen molar-refractivity contribution in [3.63, 3.8) is 0 Å². The number of benzene rings is 1. The molecule has 0 aliphatic carbocycles. The summed E-state index contributed by atoms with van der Waals surface area (Å²) in [5.74, 6) is 0.414. The maximum Gasteiger partial charge on any atom is 0.0589 e. The van der Waals surface area contributed by atoms with Crippen LogP contribution in [0.15, 0.2) is 54.7 Å². The predicted octanol–water partition coefficient (Wildman–Crippen LogP) is 3.14. The Morgan fingerprint density at radius 2 is 1.77 bits per heavy atom. The summed E-state index contributed by atoms with van der Waals surface area (Å²) in [7, 11) is 0. The Bertz CT molecular complexity index is 528. The van der Waals surface area contributed by atoms with E-state index < -0.39 is 0 Å². The molecule has 0 fully saturated rings. The predicted molar refractivity (Wildman–Crippen MR) is 90.5 cm³/mol. The highest BCUT2D eigenvalue weighted by molar-refractivity contribution is 5.15. The van der Waals surface area contributed by atoms with Gasteiger partial charge in [0.2, 0.25) is 0 Å².